The molecule has 3 rings (SSSR count). The molecule has 0 bridgehead atoms. The zero-order valence-electron chi connectivity index (χ0n) is 12.9. The van der Waals surface area contributed by atoms with E-state index in [0.717, 1.165) is 17.0 Å². The van der Waals surface area contributed by atoms with Gasteiger partial charge in [0.1, 0.15) is 11.5 Å². The van der Waals surface area contributed by atoms with Crippen LogP contribution in [0.1, 0.15) is 16.3 Å². The van der Waals surface area contributed by atoms with Crippen molar-refractivity contribution in [3.8, 4) is 22.8 Å². The molecule has 0 fully saturated rings. The van der Waals surface area contributed by atoms with Gasteiger partial charge in [-0.3, -0.25) is 0 Å². The number of ether oxygens (including phenoxy) is 1. The van der Waals surface area contributed by atoms with Crippen LogP contribution in [0.3, 0.4) is 0 Å². The number of para-hydroxylation sites is 2. The fourth-order valence-electron chi connectivity index (χ4n) is 2.57. The zero-order valence-corrected chi connectivity index (χ0v) is 12.9. The average Bonchev–Trinajstić information content (AvgIpc) is 2.84. The standard InChI is InChI=1S/C18H16N2O3/c1-12-16(20(2)17(19-12)18(21)22)14-10-6-7-11-15(14)23-13-8-4-3-5-9-13/h3-11H,1-2H3,(H,21,22). The molecule has 0 radical (unpaired) electrons. The number of imidazole rings is 1. The topological polar surface area (TPSA) is 64.3 Å². The summed E-state index contributed by atoms with van der Waals surface area (Å²) in [7, 11) is 1.69. The quantitative estimate of drug-likeness (QED) is 0.794. The highest BCUT2D eigenvalue weighted by molar-refractivity contribution is 5.86. The molecule has 0 aliphatic rings. The van der Waals surface area contributed by atoms with Crippen LogP contribution in [0.15, 0.2) is 54.6 Å². The van der Waals surface area contributed by atoms with Crippen molar-refractivity contribution >= 4 is 5.97 Å². The molecule has 0 aliphatic heterocycles. The van der Waals surface area contributed by atoms with Gasteiger partial charge in [0.15, 0.2) is 0 Å². The third-order valence-corrected chi connectivity index (χ3v) is 3.57. The van der Waals surface area contributed by atoms with Crippen molar-refractivity contribution in [1.29, 1.82) is 0 Å². The maximum absolute atomic E-state index is 11.3. The van der Waals surface area contributed by atoms with E-state index < -0.39 is 5.97 Å². The van der Waals surface area contributed by atoms with E-state index in [2.05, 4.69) is 4.98 Å². The lowest BCUT2D eigenvalue weighted by atomic mass is 10.1. The van der Waals surface area contributed by atoms with Crippen molar-refractivity contribution in [3.63, 3.8) is 0 Å². The number of benzene rings is 2. The van der Waals surface area contributed by atoms with Crippen LogP contribution in [0.2, 0.25) is 0 Å². The number of aromatic carboxylic acids is 1. The Bertz CT molecular complexity index is 854. The van der Waals surface area contributed by atoms with Gasteiger partial charge in [-0.2, -0.15) is 0 Å². The Kier molecular flexibility index (Phi) is 3.85. The number of hydrogen-bond acceptors (Lipinski definition) is 3. The average molecular weight is 308 g/mol. The molecule has 5 heteroatoms. The van der Waals surface area contributed by atoms with E-state index in [4.69, 9.17) is 4.74 Å². The third kappa shape index (κ3) is 2.81. The fraction of sp³-hybridized carbons (Fsp3) is 0.111. The number of nitrogens with zero attached hydrogens (tertiary/aromatic N) is 2. The van der Waals surface area contributed by atoms with Crippen molar-refractivity contribution in [3.05, 3.63) is 66.1 Å². The second-order valence-electron chi connectivity index (χ2n) is 5.14. The molecule has 5 nitrogen and oxygen atoms in total. The van der Waals surface area contributed by atoms with Crippen molar-refractivity contribution in [1.82, 2.24) is 9.55 Å². The minimum atomic E-state index is -1.05. The summed E-state index contributed by atoms with van der Waals surface area (Å²) in [5, 5.41) is 9.24. The van der Waals surface area contributed by atoms with Gasteiger partial charge in [-0.05, 0) is 31.2 Å². The van der Waals surface area contributed by atoms with Crippen LogP contribution in [0.4, 0.5) is 0 Å². The molecule has 1 N–H and O–H groups in total. The van der Waals surface area contributed by atoms with Crippen LogP contribution < -0.4 is 4.74 Å². The van der Waals surface area contributed by atoms with E-state index in [1.54, 1.807) is 18.5 Å². The van der Waals surface area contributed by atoms with Crippen molar-refractivity contribution in [2.24, 2.45) is 7.05 Å². The lowest BCUT2D eigenvalue weighted by molar-refractivity contribution is 0.0679. The zero-order chi connectivity index (χ0) is 16.4. The summed E-state index contributed by atoms with van der Waals surface area (Å²) < 4.78 is 7.53. The molecule has 1 aromatic heterocycles. The summed E-state index contributed by atoms with van der Waals surface area (Å²) in [5.74, 6) is 0.329. The fourth-order valence-corrected chi connectivity index (χ4v) is 2.57. The molecule has 0 unspecified atom stereocenters. The Morgan fingerprint density at radius 1 is 1.09 bits per heavy atom. The molecule has 0 saturated heterocycles. The molecule has 0 aliphatic carbocycles. The number of hydrogen-bond donors (Lipinski definition) is 1. The van der Waals surface area contributed by atoms with Crippen LogP contribution in [-0.2, 0) is 7.05 Å². The predicted octanol–water partition coefficient (Wildman–Crippen LogP) is 3.89. The Morgan fingerprint density at radius 2 is 1.74 bits per heavy atom. The first-order valence-corrected chi connectivity index (χ1v) is 7.17. The lowest BCUT2D eigenvalue weighted by Gasteiger charge is -2.12. The van der Waals surface area contributed by atoms with Crippen molar-refractivity contribution in [2.75, 3.05) is 0 Å². The number of carboxylic acid groups (broad SMARTS) is 1. The first-order valence-electron chi connectivity index (χ1n) is 7.17. The predicted molar refractivity (Wildman–Crippen MR) is 86.9 cm³/mol. The molecule has 23 heavy (non-hydrogen) atoms. The van der Waals surface area contributed by atoms with E-state index in [9.17, 15) is 9.90 Å². The summed E-state index contributed by atoms with van der Waals surface area (Å²) in [5.41, 5.74) is 2.18. The van der Waals surface area contributed by atoms with Gasteiger partial charge in [-0.15, -0.1) is 0 Å². The molecule has 2 aromatic carbocycles. The van der Waals surface area contributed by atoms with Gasteiger partial charge in [0.25, 0.3) is 0 Å². The highest BCUT2D eigenvalue weighted by atomic mass is 16.5. The van der Waals surface area contributed by atoms with Gasteiger partial charge in [-0.25, -0.2) is 9.78 Å². The normalized spacial score (nSPS) is 10.5. The molecular weight excluding hydrogens is 292 g/mol. The third-order valence-electron chi connectivity index (χ3n) is 3.57. The van der Waals surface area contributed by atoms with Crippen LogP contribution in [0, 0.1) is 6.92 Å². The summed E-state index contributed by atoms with van der Waals surface area (Å²) in [6, 6.07) is 17.0. The summed E-state index contributed by atoms with van der Waals surface area (Å²) in [6.07, 6.45) is 0. The molecular formula is C18H16N2O3. The number of aromatic nitrogens is 2. The lowest BCUT2D eigenvalue weighted by Crippen LogP contribution is -2.06. The van der Waals surface area contributed by atoms with E-state index in [1.165, 1.54) is 0 Å². The molecule has 0 atom stereocenters. The highest BCUT2D eigenvalue weighted by Gasteiger charge is 2.20. The van der Waals surface area contributed by atoms with Crippen LogP contribution >= 0.6 is 0 Å². The first kappa shape index (κ1) is 14.8. The SMILES string of the molecule is Cc1nc(C(=O)O)n(C)c1-c1ccccc1Oc1ccccc1. The van der Waals surface area contributed by atoms with Crippen LogP contribution in [-0.4, -0.2) is 20.6 Å². The molecule has 0 spiro atoms. The number of carboxylic acids is 1. The van der Waals surface area contributed by atoms with Gasteiger partial charge >= 0.3 is 5.97 Å². The van der Waals surface area contributed by atoms with Gasteiger partial charge in [0.2, 0.25) is 5.82 Å². The second-order valence-corrected chi connectivity index (χ2v) is 5.14. The Hall–Kier alpha value is -3.08. The monoisotopic (exact) mass is 308 g/mol. The Labute approximate surface area is 133 Å². The van der Waals surface area contributed by atoms with Crippen LogP contribution in [0.25, 0.3) is 11.3 Å². The summed E-state index contributed by atoms with van der Waals surface area (Å²) in [6.45, 7) is 1.79. The minimum Gasteiger partial charge on any atom is -0.475 e. The Balaban J connectivity index is 2.10. The number of carbonyl (C=O) groups is 1. The largest absolute Gasteiger partial charge is 0.475 e. The van der Waals surface area contributed by atoms with E-state index in [0.29, 0.717) is 11.4 Å². The summed E-state index contributed by atoms with van der Waals surface area (Å²) in [4.78, 5) is 15.4. The summed E-state index contributed by atoms with van der Waals surface area (Å²) >= 11 is 0. The van der Waals surface area contributed by atoms with Crippen molar-refractivity contribution < 1.29 is 14.6 Å². The first-order chi connectivity index (χ1) is 11.1. The smallest absolute Gasteiger partial charge is 0.372 e. The van der Waals surface area contributed by atoms with Gasteiger partial charge in [0.05, 0.1) is 11.4 Å². The molecule has 3 aromatic rings. The maximum atomic E-state index is 11.3. The molecule has 1 heterocycles. The molecule has 0 amide bonds. The Morgan fingerprint density at radius 3 is 2.39 bits per heavy atom. The number of rotatable bonds is 4. The second kappa shape index (κ2) is 5.96. The number of aryl methyl sites for hydroxylation is 1. The van der Waals surface area contributed by atoms with Gasteiger partial charge < -0.3 is 14.4 Å². The van der Waals surface area contributed by atoms with E-state index >= 15 is 0 Å². The van der Waals surface area contributed by atoms with Crippen molar-refractivity contribution in [2.45, 2.75) is 6.92 Å². The van der Waals surface area contributed by atoms with E-state index in [-0.39, 0.29) is 5.82 Å². The van der Waals surface area contributed by atoms with E-state index in [1.807, 2.05) is 54.6 Å². The highest BCUT2D eigenvalue weighted by Crippen LogP contribution is 2.35. The molecule has 116 valence electrons. The van der Waals surface area contributed by atoms with Crippen LogP contribution in [0.5, 0.6) is 11.5 Å². The van der Waals surface area contributed by atoms with Gasteiger partial charge in [0, 0.05) is 12.6 Å². The minimum absolute atomic E-state index is 0.00649. The molecule has 0 saturated carbocycles. The maximum Gasteiger partial charge on any atom is 0.372 e. The van der Waals surface area contributed by atoms with Gasteiger partial charge in [-0.1, -0.05) is 30.3 Å².